The first kappa shape index (κ1) is 10.3. The fraction of sp³-hybridized carbons (Fsp3) is 0.600. The molecular weight excluding hydrogens is 166 g/mol. The highest BCUT2D eigenvalue weighted by atomic mass is 16.5. The lowest BCUT2D eigenvalue weighted by atomic mass is 10.3. The van der Waals surface area contributed by atoms with E-state index in [1.54, 1.807) is 13.4 Å². The van der Waals surface area contributed by atoms with Crippen LogP contribution in [0.5, 0.6) is 0 Å². The molecule has 0 bridgehead atoms. The van der Waals surface area contributed by atoms with Crippen molar-refractivity contribution in [1.29, 1.82) is 0 Å². The Morgan fingerprint density at radius 2 is 2.46 bits per heavy atom. The monoisotopic (exact) mass is 183 g/mol. The van der Waals surface area contributed by atoms with Crippen LogP contribution in [0.4, 0.5) is 0 Å². The first-order valence-corrected chi connectivity index (χ1v) is 4.57. The molecule has 0 saturated heterocycles. The second-order valence-corrected chi connectivity index (χ2v) is 3.14. The zero-order valence-electron chi connectivity index (χ0n) is 8.25. The third kappa shape index (κ3) is 4.10. The topological polar surface area (TPSA) is 34.4 Å². The first-order chi connectivity index (χ1) is 6.33. The van der Waals surface area contributed by atoms with Crippen LogP contribution in [0, 0.1) is 0 Å². The lowest BCUT2D eigenvalue weighted by Crippen LogP contribution is -2.31. The van der Waals surface area contributed by atoms with E-state index in [9.17, 15) is 0 Å². The molecule has 1 aromatic rings. The minimum Gasteiger partial charge on any atom is -0.469 e. The van der Waals surface area contributed by atoms with Crippen molar-refractivity contribution in [1.82, 2.24) is 5.32 Å². The molecule has 3 nitrogen and oxygen atoms in total. The molecule has 0 amide bonds. The second kappa shape index (κ2) is 5.78. The summed E-state index contributed by atoms with van der Waals surface area (Å²) in [6.45, 7) is 3.78. The van der Waals surface area contributed by atoms with Gasteiger partial charge in [0.15, 0.2) is 0 Å². The van der Waals surface area contributed by atoms with Crippen molar-refractivity contribution >= 4 is 0 Å². The number of furan rings is 1. The van der Waals surface area contributed by atoms with Gasteiger partial charge in [0.2, 0.25) is 0 Å². The van der Waals surface area contributed by atoms with Crippen molar-refractivity contribution in [3.8, 4) is 0 Å². The van der Waals surface area contributed by atoms with E-state index in [1.165, 1.54) is 0 Å². The maximum Gasteiger partial charge on any atom is 0.105 e. The molecule has 0 aliphatic carbocycles. The molecule has 0 spiro atoms. The van der Waals surface area contributed by atoms with Gasteiger partial charge in [0.25, 0.3) is 0 Å². The van der Waals surface area contributed by atoms with E-state index < -0.39 is 0 Å². The van der Waals surface area contributed by atoms with Crippen LogP contribution in [-0.4, -0.2) is 26.3 Å². The predicted molar refractivity (Wildman–Crippen MR) is 51.8 cm³/mol. The van der Waals surface area contributed by atoms with Gasteiger partial charge < -0.3 is 14.5 Å². The molecule has 0 radical (unpaired) electrons. The molecule has 0 aliphatic heterocycles. The van der Waals surface area contributed by atoms with Crippen molar-refractivity contribution in [2.75, 3.05) is 20.3 Å². The van der Waals surface area contributed by atoms with Crippen LogP contribution >= 0.6 is 0 Å². The van der Waals surface area contributed by atoms with Crippen molar-refractivity contribution in [3.63, 3.8) is 0 Å². The Bertz CT molecular complexity index is 209. The Kier molecular flexibility index (Phi) is 4.57. The molecule has 1 rings (SSSR count). The van der Waals surface area contributed by atoms with Crippen LogP contribution in [0.3, 0.4) is 0 Å². The Balaban J connectivity index is 2.07. The van der Waals surface area contributed by atoms with E-state index >= 15 is 0 Å². The summed E-state index contributed by atoms with van der Waals surface area (Å²) in [5, 5.41) is 3.34. The van der Waals surface area contributed by atoms with E-state index in [0.717, 1.165) is 25.3 Å². The number of rotatable bonds is 6. The summed E-state index contributed by atoms with van der Waals surface area (Å²) in [5.41, 5.74) is 0. The molecular formula is C10H17NO2. The van der Waals surface area contributed by atoms with Gasteiger partial charge in [-0.1, -0.05) is 0 Å². The predicted octanol–water partition coefficient (Wildman–Crippen LogP) is 1.45. The zero-order chi connectivity index (χ0) is 9.52. The highest BCUT2D eigenvalue weighted by Gasteiger charge is 2.00. The van der Waals surface area contributed by atoms with Crippen molar-refractivity contribution in [3.05, 3.63) is 24.2 Å². The molecule has 1 atom stereocenters. The van der Waals surface area contributed by atoms with E-state index in [1.807, 2.05) is 12.1 Å². The zero-order valence-corrected chi connectivity index (χ0v) is 8.25. The van der Waals surface area contributed by atoms with Gasteiger partial charge in [-0.15, -0.1) is 0 Å². The lowest BCUT2D eigenvalue weighted by molar-refractivity contribution is 0.172. The Labute approximate surface area is 79.1 Å². The number of nitrogens with one attached hydrogen (secondary N) is 1. The van der Waals surface area contributed by atoms with Gasteiger partial charge in [-0.2, -0.15) is 0 Å². The molecule has 0 fully saturated rings. The number of hydrogen-bond donors (Lipinski definition) is 1. The third-order valence-corrected chi connectivity index (χ3v) is 1.86. The van der Waals surface area contributed by atoms with Crippen LogP contribution in [0.15, 0.2) is 22.8 Å². The van der Waals surface area contributed by atoms with Crippen LogP contribution in [0.25, 0.3) is 0 Å². The smallest absolute Gasteiger partial charge is 0.105 e. The first-order valence-electron chi connectivity index (χ1n) is 4.57. The molecule has 1 unspecified atom stereocenters. The van der Waals surface area contributed by atoms with Crippen LogP contribution in [-0.2, 0) is 11.2 Å². The van der Waals surface area contributed by atoms with Crippen LogP contribution in [0.2, 0.25) is 0 Å². The number of methoxy groups -OCH3 is 1. The van der Waals surface area contributed by atoms with Gasteiger partial charge in [0.1, 0.15) is 5.76 Å². The van der Waals surface area contributed by atoms with E-state index in [-0.39, 0.29) is 0 Å². The highest BCUT2D eigenvalue weighted by molar-refractivity contribution is 4.98. The number of hydrogen-bond acceptors (Lipinski definition) is 3. The van der Waals surface area contributed by atoms with Gasteiger partial charge in [-0.05, 0) is 19.1 Å². The summed E-state index contributed by atoms with van der Waals surface area (Å²) in [5.74, 6) is 1.03. The average Bonchev–Trinajstić information content (AvgIpc) is 2.57. The number of ether oxygens (including phenoxy) is 1. The van der Waals surface area contributed by atoms with Crippen molar-refractivity contribution in [2.24, 2.45) is 0 Å². The molecule has 1 N–H and O–H groups in total. The Morgan fingerprint density at radius 3 is 3.08 bits per heavy atom. The third-order valence-electron chi connectivity index (χ3n) is 1.86. The minimum absolute atomic E-state index is 0.403. The summed E-state index contributed by atoms with van der Waals surface area (Å²) < 4.78 is 10.2. The van der Waals surface area contributed by atoms with Gasteiger partial charge in [-0.25, -0.2) is 0 Å². The van der Waals surface area contributed by atoms with Gasteiger partial charge in [0.05, 0.1) is 12.9 Å². The van der Waals surface area contributed by atoms with Crippen LogP contribution in [0.1, 0.15) is 12.7 Å². The van der Waals surface area contributed by atoms with Gasteiger partial charge in [0, 0.05) is 26.1 Å². The standard InChI is InChI=1S/C10H17NO2/c1-9(8-12-2)11-6-5-10-4-3-7-13-10/h3-4,7,9,11H,5-6,8H2,1-2H3. The summed E-state index contributed by atoms with van der Waals surface area (Å²) >= 11 is 0. The maximum atomic E-state index is 5.20. The van der Waals surface area contributed by atoms with Crippen molar-refractivity contribution < 1.29 is 9.15 Å². The van der Waals surface area contributed by atoms with Crippen molar-refractivity contribution in [2.45, 2.75) is 19.4 Å². The molecule has 0 saturated carbocycles. The largest absolute Gasteiger partial charge is 0.469 e. The SMILES string of the molecule is COCC(C)NCCc1ccco1. The molecule has 1 aromatic heterocycles. The molecule has 0 aromatic carbocycles. The average molecular weight is 183 g/mol. The summed E-state index contributed by atoms with van der Waals surface area (Å²) in [6, 6.07) is 4.30. The molecule has 13 heavy (non-hydrogen) atoms. The molecule has 74 valence electrons. The van der Waals surface area contributed by atoms with E-state index in [4.69, 9.17) is 9.15 Å². The maximum absolute atomic E-state index is 5.20. The highest BCUT2D eigenvalue weighted by Crippen LogP contribution is 1.99. The Hall–Kier alpha value is -0.800. The summed E-state index contributed by atoms with van der Waals surface area (Å²) in [7, 11) is 1.71. The lowest BCUT2D eigenvalue weighted by Gasteiger charge is -2.11. The fourth-order valence-electron chi connectivity index (χ4n) is 1.21. The molecule has 0 aliphatic rings. The van der Waals surface area contributed by atoms with E-state index in [2.05, 4.69) is 12.2 Å². The Morgan fingerprint density at radius 1 is 1.62 bits per heavy atom. The molecule has 3 heteroatoms. The summed E-state index contributed by atoms with van der Waals surface area (Å²) in [4.78, 5) is 0. The fourth-order valence-corrected chi connectivity index (χ4v) is 1.21. The summed E-state index contributed by atoms with van der Waals surface area (Å²) in [6.07, 6.45) is 2.63. The second-order valence-electron chi connectivity index (χ2n) is 3.14. The normalized spacial score (nSPS) is 13.1. The van der Waals surface area contributed by atoms with Crippen LogP contribution < -0.4 is 5.32 Å². The minimum atomic E-state index is 0.403. The molecule has 1 heterocycles. The van der Waals surface area contributed by atoms with Gasteiger partial charge >= 0.3 is 0 Å². The quantitative estimate of drug-likeness (QED) is 0.724. The van der Waals surface area contributed by atoms with Gasteiger partial charge in [-0.3, -0.25) is 0 Å². The van der Waals surface area contributed by atoms with E-state index in [0.29, 0.717) is 6.04 Å².